The number of nitriles is 1. The van der Waals surface area contributed by atoms with Gasteiger partial charge in [-0.25, -0.2) is 4.39 Å². The number of benzene rings is 2. The van der Waals surface area contributed by atoms with E-state index in [1.54, 1.807) is 36.5 Å². The van der Waals surface area contributed by atoms with Gasteiger partial charge in [-0.15, -0.1) is 0 Å². The second kappa shape index (κ2) is 6.97. The van der Waals surface area contributed by atoms with Gasteiger partial charge in [-0.1, -0.05) is 19.1 Å². The SMILES string of the molecule is CCc1ccc(F)c(C(Nc2ccc(C#N)cc2)c2cc[nH]n2)c1. The third-order valence-corrected chi connectivity index (χ3v) is 3.92. The molecule has 4 nitrogen and oxygen atoms in total. The van der Waals surface area contributed by atoms with Crippen LogP contribution in [0.3, 0.4) is 0 Å². The van der Waals surface area contributed by atoms with Crippen LogP contribution in [-0.2, 0) is 6.42 Å². The molecule has 0 aliphatic rings. The second-order valence-corrected chi connectivity index (χ2v) is 5.48. The molecular formula is C19H17FN4. The van der Waals surface area contributed by atoms with E-state index in [1.165, 1.54) is 6.07 Å². The molecule has 5 heteroatoms. The van der Waals surface area contributed by atoms with Crippen molar-refractivity contribution in [1.29, 1.82) is 5.26 Å². The molecule has 3 rings (SSSR count). The first-order valence-electron chi connectivity index (χ1n) is 7.76. The zero-order chi connectivity index (χ0) is 16.9. The maximum absolute atomic E-state index is 14.4. The fourth-order valence-electron chi connectivity index (χ4n) is 2.59. The predicted octanol–water partition coefficient (Wildman–Crippen LogP) is 4.18. The predicted molar refractivity (Wildman–Crippen MR) is 91.0 cm³/mol. The Kier molecular flexibility index (Phi) is 4.57. The van der Waals surface area contributed by atoms with Gasteiger partial charge in [0.2, 0.25) is 0 Å². The maximum Gasteiger partial charge on any atom is 0.128 e. The molecule has 2 aromatic carbocycles. The van der Waals surface area contributed by atoms with Crippen LogP contribution < -0.4 is 5.32 Å². The number of aromatic nitrogens is 2. The lowest BCUT2D eigenvalue weighted by Crippen LogP contribution is -2.15. The Morgan fingerprint density at radius 1 is 1.21 bits per heavy atom. The van der Waals surface area contributed by atoms with Gasteiger partial charge in [0.1, 0.15) is 5.82 Å². The highest BCUT2D eigenvalue weighted by Gasteiger charge is 2.20. The molecule has 24 heavy (non-hydrogen) atoms. The first-order valence-corrected chi connectivity index (χ1v) is 7.76. The minimum absolute atomic E-state index is 0.277. The zero-order valence-electron chi connectivity index (χ0n) is 13.3. The Balaban J connectivity index is 2.00. The Bertz CT molecular complexity index is 848. The van der Waals surface area contributed by atoms with E-state index in [2.05, 4.69) is 21.6 Å². The number of rotatable bonds is 5. The molecule has 0 bridgehead atoms. The molecule has 0 spiro atoms. The van der Waals surface area contributed by atoms with E-state index in [0.29, 0.717) is 16.8 Å². The van der Waals surface area contributed by atoms with Gasteiger partial charge in [-0.05, 0) is 48.4 Å². The van der Waals surface area contributed by atoms with Gasteiger partial charge < -0.3 is 5.32 Å². The highest BCUT2D eigenvalue weighted by molar-refractivity contribution is 5.51. The molecule has 120 valence electrons. The molecule has 0 amide bonds. The third kappa shape index (κ3) is 3.28. The monoisotopic (exact) mass is 320 g/mol. The van der Waals surface area contributed by atoms with Crippen LogP contribution in [0.1, 0.15) is 35.3 Å². The fraction of sp³-hybridized carbons (Fsp3) is 0.158. The Labute approximate surface area is 140 Å². The van der Waals surface area contributed by atoms with E-state index in [9.17, 15) is 4.39 Å². The smallest absolute Gasteiger partial charge is 0.128 e. The number of hydrogen-bond donors (Lipinski definition) is 2. The number of anilines is 1. The van der Waals surface area contributed by atoms with E-state index >= 15 is 0 Å². The molecule has 0 aliphatic carbocycles. The highest BCUT2D eigenvalue weighted by atomic mass is 19.1. The van der Waals surface area contributed by atoms with Gasteiger partial charge in [0.15, 0.2) is 0 Å². The van der Waals surface area contributed by atoms with E-state index in [0.717, 1.165) is 17.7 Å². The van der Waals surface area contributed by atoms with Crippen LogP contribution in [0, 0.1) is 17.1 Å². The van der Waals surface area contributed by atoms with Crippen molar-refractivity contribution in [2.45, 2.75) is 19.4 Å². The molecule has 0 aliphatic heterocycles. The van der Waals surface area contributed by atoms with E-state index < -0.39 is 6.04 Å². The van der Waals surface area contributed by atoms with Gasteiger partial charge in [-0.2, -0.15) is 10.4 Å². The summed E-state index contributed by atoms with van der Waals surface area (Å²) < 4.78 is 14.4. The number of aryl methyl sites for hydroxylation is 1. The van der Waals surface area contributed by atoms with Crippen LogP contribution in [0.5, 0.6) is 0 Å². The summed E-state index contributed by atoms with van der Waals surface area (Å²) in [5.41, 5.74) is 3.69. The molecule has 2 N–H and O–H groups in total. The van der Waals surface area contributed by atoms with Gasteiger partial charge in [0.05, 0.1) is 23.4 Å². The van der Waals surface area contributed by atoms with Crippen LogP contribution in [-0.4, -0.2) is 10.2 Å². The normalized spacial score (nSPS) is 11.7. The van der Waals surface area contributed by atoms with Crippen molar-refractivity contribution in [3.05, 3.63) is 82.9 Å². The Hall–Kier alpha value is -3.13. The quantitative estimate of drug-likeness (QED) is 0.741. The molecule has 3 aromatic rings. The average molecular weight is 320 g/mol. The summed E-state index contributed by atoms with van der Waals surface area (Å²) in [5.74, 6) is -0.277. The summed E-state index contributed by atoms with van der Waals surface area (Å²) in [6.07, 6.45) is 2.54. The summed E-state index contributed by atoms with van der Waals surface area (Å²) in [6, 6.07) is 15.7. The summed E-state index contributed by atoms with van der Waals surface area (Å²) in [6.45, 7) is 2.04. The van der Waals surface area contributed by atoms with Crippen molar-refractivity contribution in [1.82, 2.24) is 10.2 Å². The standard InChI is InChI=1S/C19H17FN4/c1-2-13-5-8-17(20)16(11-13)19(18-9-10-22-24-18)23-15-6-3-14(12-21)4-7-15/h3-11,19,23H,2H2,1H3,(H,22,24). The number of nitrogens with one attached hydrogen (secondary N) is 2. The van der Waals surface area contributed by atoms with Crippen molar-refractivity contribution in [3.63, 3.8) is 0 Å². The lowest BCUT2D eigenvalue weighted by atomic mass is 9.99. The third-order valence-electron chi connectivity index (χ3n) is 3.92. The van der Waals surface area contributed by atoms with Gasteiger partial charge in [0, 0.05) is 17.4 Å². The van der Waals surface area contributed by atoms with Gasteiger partial charge in [-0.3, -0.25) is 5.10 Å². The largest absolute Gasteiger partial charge is 0.373 e. The number of aromatic amines is 1. The van der Waals surface area contributed by atoms with Crippen molar-refractivity contribution in [2.75, 3.05) is 5.32 Å². The summed E-state index contributed by atoms with van der Waals surface area (Å²) in [4.78, 5) is 0. The summed E-state index contributed by atoms with van der Waals surface area (Å²) in [5, 5.41) is 19.2. The van der Waals surface area contributed by atoms with E-state index in [-0.39, 0.29) is 5.82 Å². The van der Waals surface area contributed by atoms with Crippen LogP contribution in [0.25, 0.3) is 0 Å². The van der Waals surface area contributed by atoms with Crippen LogP contribution >= 0.6 is 0 Å². The zero-order valence-corrected chi connectivity index (χ0v) is 13.3. The molecule has 0 fully saturated rings. The minimum Gasteiger partial charge on any atom is -0.373 e. The minimum atomic E-state index is -0.421. The first kappa shape index (κ1) is 15.8. The summed E-state index contributed by atoms with van der Waals surface area (Å²) in [7, 11) is 0. The average Bonchev–Trinajstić information content (AvgIpc) is 3.15. The lowest BCUT2D eigenvalue weighted by Gasteiger charge is -2.20. The molecule has 1 heterocycles. The molecule has 1 aromatic heterocycles. The molecule has 1 unspecified atom stereocenters. The topological polar surface area (TPSA) is 64.5 Å². The van der Waals surface area contributed by atoms with Crippen LogP contribution in [0.2, 0.25) is 0 Å². The molecule has 1 atom stereocenters. The second-order valence-electron chi connectivity index (χ2n) is 5.48. The van der Waals surface area contributed by atoms with Crippen molar-refractivity contribution < 1.29 is 4.39 Å². The highest BCUT2D eigenvalue weighted by Crippen LogP contribution is 2.28. The Morgan fingerprint density at radius 3 is 2.62 bits per heavy atom. The molecular weight excluding hydrogens is 303 g/mol. The van der Waals surface area contributed by atoms with Crippen LogP contribution in [0.4, 0.5) is 10.1 Å². The van der Waals surface area contributed by atoms with Gasteiger partial charge in [0.25, 0.3) is 0 Å². The molecule has 0 saturated heterocycles. The lowest BCUT2D eigenvalue weighted by molar-refractivity contribution is 0.601. The summed E-state index contributed by atoms with van der Waals surface area (Å²) >= 11 is 0. The fourth-order valence-corrected chi connectivity index (χ4v) is 2.59. The number of nitrogens with zero attached hydrogens (tertiary/aromatic N) is 2. The number of H-pyrrole nitrogens is 1. The van der Waals surface area contributed by atoms with Crippen molar-refractivity contribution in [3.8, 4) is 6.07 Å². The van der Waals surface area contributed by atoms with Gasteiger partial charge >= 0.3 is 0 Å². The van der Waals surface area contributed by atoms with Crippen molar-refractivity contribution >= 4 is 5.69 Å². The van der Waals surface area contributed by atoms with Crippen molar-refractivity contribution in [2.24, 2.45) is 0 Å². The first-order chi connectivity index (χ1) is 11.7. The maximum atomic E-state index is 14.4. The van der Waals surface area contributed by atoms with E-state index in [1.807, 2.05) is 19.1 Å². The molecule has 0 radical (unpaired) electrons. The Morgan fingerprint density at radius 2 is 2.00 bits per heavy atom. The number of hydrogen-bond acceptors (Lipinski definition) is 3. The number of halogens is 1. The molecule has 0 saturated carbocycles. The van der Waals surface area contributed by atoms with Crippen LogP contribution in [0.15, 0.2) is 54.7 Å². The van der Waals surface area contributed by atoms with E-state index in [4.69, 9.17) is 5.26 Å².